The van der Waals surface area contributed by atoms with Crippen molar-refractivity contribution in [3.8, 4) is 0 Å². The minimum absolute atomic E-state index is 0.212. The van der Waals surface area contributed by atoms with Crippen LogP contribution in [0.4, 0.5) is 18.3 Å². The van der Waals surface area contributed by atoms with Gasteiger partial charge in [-0.3, -0.25) is 10.1 Å². The average Bonchev–Trinajstić information content (AvgIpc) is 2.79. The quantitative estimate of drug-likeness (QED) is 0.778. The molecule has 21 heavy (non-hydrogen) atoms. The van der Waals surface area contributed by atoms with Crippen LogP contribution in [0.1, 0.15) is 10.4 Å². The molecule has 0 radical (unpaired) electrons. The molecule has 106 valence electrons. The Morgan fingerprint density at radius 3 is 2.52 bits per heavy atom. The van der Waals surface area contributed by atoms with Gasteiger partial charge in [0.25, 0.3) is 5.91 Å². The van der Waals surface area contributed by atoms with Gasteiger partial charge in [0.1, 0.15) is 17.5 Å². The zero-order chi connectivity index (χ0) is 15.0. The standard InChI is InChI=1S/C14H7F3N2OS/c15-7-1-3-9(10(17)5-7)13(20)19-14-18-11-4-2-8(16)6-12(11)21-14/h1-6H,(H,18,19,20). The number of nitrogens with zero attached hydrogens (tertiary/aromatic N) is 1. The summed E-state index contributed by atoms with van der Waals surface area (Å²) in [5.41, 5.74) is 0.234. The molecule has 0 unspecified atom stereocenters. The highest BCUT2D eigenvalue weighted by Crippen LogP contribution is 2.27. The van der Waals surface area contributed by atoms with Gasteiger partial charge in [0.2, 0.25) is 0 Å². The highest BCUT2D eigenvalue weighted by molar-refractivity contribution is 7.22. The Labute approximate surface area is 121 Å². The van der Waals surface area contributed by atoms with Gasteiger partial charge in [0, 0.05) is 6.07 Å². The molecule has 1 heterocycles. The molecule has 2 aromatic carbocycles. The Balaban J connectivity index is 1.89. The summed E-state index contributed by atoms with van der Waals surface area (Å²) in [7, 11) is 0. The highest BCUT2D eigenvalue weighted by Gasteiger charge is 2.14. The lowest BCUT2D eigenvalue weighted by atomic mass is 10.2. The first-order chi connectivity index (χ1) is 10.0. The van der Waals surface area contributed by atoms with Crippen molar-refractivity contribution in [3.05, 3.63) is 59.4 Å². The highest BCUT2D eigenvalue weighted by atomic mass is 32.1. The second-order valence-electron chi connectivity index (χ2n) is 4.21. The van der Waals surface area contributed by atoms with Gasteiger partial charge in [0.15, 0.2) is 5.13 Å². The second kappa shape index (κ2) is 5.17. The van der Waals surface area contributed by atoms with Crippen LogP contribution in [0.25, 0.3) is 10.2 Å². The zero-order valence-electron chi connectivity index (χ0n) is 10.4. The smallest absolute Gasteiger partial charge is 0.260 e. The molecule has 3 rings (SSSR count). The van der Waals surface area contributed by atoms with Gasteiger partial charge >= 0.3 is 0 Å². The first-order valence-corrected chi connectivity index (χ1v) is 6.67. The normalized spacial score (nSPS) is 10.8. The van der Waals surface area contributed by atoms with Gasteiger partial charge in [-0.15, -0.1) is 0 Å². The van der Waals surface area contributed by atoms with E-state index in [0.29, 0.717) is 16.3 Å². The van der Waals surface area contributed by atoms with Crippen molar-refractivity contribution in [3.63, 3.8) is 0 Å². The SMILES string of the molecule is O=C(Nc1nc2ccc(F)cc2s1)c1ccc(F)cc1F. The van der Waals surface area contributed by atoms with E-state index < -0.39 is 23.4 Å². The fraction of sp³-hybridized carbons (Fsp3) is 0. The van der Waals surface area contributed by atoms with E-state index in [2.05, 4.69) is 10.3 Å². The third-order valence-electron chi connectivity index (χ3n) is 2.75. The van der Waals surface area contributed by atoms with Gasteiger partial charge in [-0.05, 0) is 30.3 Å². The van der Waals surface area contributed by atoms with Crippen molar-refractivity contribution >= 4 is 32.6 Å². The van der Waals surface area contributed by atoms with Crippen molar-refractivity contribution in [2.45, 2.75) is 0 Å². The molecule has 0 atom stereocenters. The maximum Gasteiger partial charge on any atom is 0.260 e. The second-order valence-corrected chi connectivity index (χ2v) is 5.24. The molecule has 1 N–H and O–H groups in total. The number of thiazole rings is 1. The minimum Gasteiger partial charge on any atom is -0.298 e. The van der Waals surface area contributed by atoms with Crippen LogP contribution < -0.4 is 5.32 Å². The van der Waals surface area contributed by atoms with Gasteiger partial charge in [-0.25, -0.2) is 18.2 Å². The van der Waals surface area contributed by atoms with E-state index in [0.717, 1.165) is 23.5 Å². The lowest BCUT2D eigenvalue weighted by Gasteiger charge is -2.02. The number of nitrogens with one attached hydrogen (secondary N) is 1. The molecule has 1 amide bonds. The van der Waals surface area contributed by atoms with E-state index in [-0.39, 0.29) is 10.7 Å². The maximum absolute atomic E-state index is 13.5. The number of hydrogen-bond donors (Lipinski definition) is 1. The van der Waals surface area contributed by atoms with E-state index in [1.54, 1.807) is 0 Å². The molecule has 0 aliphatic heterocycles. The predicted octanol–water partition coefficient (Wildman–Crippen LogP) is 3.97. The Morgan fingerprint density at radius 1 is 1.05 bits per heavy atom. The minimum atomic E-state index is -0.959. The van der Waals surface area contributed by atoms with E-state index in [4.69, 9.17) is 0 Å². The topological polar surface area (TPSA) is 42.0 Å². The summed E-state index contributed by atoms with van der Waals surface area (Å²) in [6.07, 6.45) is 0. The molecule has 7 heteroatoms. The van der Waals surface area contributed by atoms with E-state index >= 15 is 0 Å². The fourth-order valence-electron chi connectivity index (χ4n) is 1.79. The molecule has 0 aliphatic carbocycles. The Morgan fingerprint density at radius 2 is 1.76 bits per heavy atom. The fourth-order valence-corrected chi connectivity index (χ4v) is 2.68. The molecule has 0 spiro atoms. The van der Waals surface area contributed by atoms with Gasteiger partial charge in [-0.2, -0.15) is 0 Å². The number of halogens is 3. The number of aromatic nitrogens is 1. The number of hydrogen-bond acceptors (Lipinski definition) is 3. The first-order valence-electron chi connectivity index (χ1n) is 5.85. The largest absolute Gasteiger partial charge is 0.298 e. The lowest BCUT2D eigenvalue weighted by molar-refractivity contribution is 0.102. The van der Waals surface area contributed by atoms with Crippen molar-refractivity contribution < 1.29 is 18.0 Å². The Kier molecular flexibility index (Phi) is 3.34. The van der Waals surface area contributed by atoms with Crippen LogP contribution in [0, 0.1) is 17.5 Å². The number of rotatable bonds is 2. The summed E-state index contributed by atoms with van der Waals surface area (Å²) in [6.45, 7) is 0. The third-order valence-corrected chi connectivity index (χ3v) is 3.68. The van der Waals surface area contributed by atoms with Crippen LogP contribution in [0.2, 0.25) is 0 Å². The van der Waals surface area contributed by atoms with Gasteiger partial charge in [0.05, 0.1) is 15.8 Å². The third kappa shape index (κ3) is 2.73. The predicted molar refractivity (Wildman–Crippen MR) is 73.9 cm³/mol. The molecule has 0 fully saturated rings. The Hall–Kier alpha value is -2.41. The zero-order valence-corrected chi connectivity index (χ0v) is 11.2. The molecular weight excluding hydrogens is 301 g/mol. The van der Waals surface area contributed by atoms with E-state index in [9.17, 15) is 18.0 Å². The van der Waals surface area contributed by atoms with Crippen LogP contribution in [0.5, 0.6) is 0 Å². The van der Waals surface area contributed by atoms with Crippen LogP contribution in [0.3, 0.4) is 0 Å². The van der Waals surface area contributed by atoms with E-state index in [1.165, 1.54) is 18.2 Å². The monoisotopic (exact) mass is 308 g/mol. The summed E-state index contributed by atoms with van der Waals surface area (Å²) >= 11 is 1.06. The summed E-state index contributed by atoms with van der Waals surface area (Å²) in [6, 6.07) is 6.70. The summed E-state index contributed by atoms with van der Waals surface area (Å²) in [4.78, 5) is 16.0. The number of carbonyl (C=O) groups excluding carboxylic acids is 1. The number of carbonyl (C=O) groups is 1. The summed E-state index contributed by atoms with van der Waals surface area (Å²) < 4.78 is 39.9. The Bertz CT molecular complexity index is 847. The number of benzene rings is 2. The van der Waals surface area contributed by atoms with Crippen molar-refractivity contribution in [2.75, 3.05) is 5.32 Å². The van der Waals surface area contributed by atoms with Crippen LogP contribution >= 0.6 is 11.3 Å². The van der Waals surface area contributed by atoms with Gasteiger partial charge in [-0.1, -0.05) is 11.3 Å². The number of anilines is 1. The molecule has 0 saturated heterocycles. The molecule has 3 nitrogen and oxygen atoms in total. The van der Waals surface area contributed by atoms with Crippen LogP contribution in [-0.2, 0) is 0 Å². The van der Waals surface area contributed by atoms with Crippen molar-refractivity contribution in [2.24, 2.45) is 0 Å². The maximum atomic E-state index is 13.5. The molecule has 0 bridgehead atoms. The summed E-state index contributed by atoms with van der Waals surface area (Å²) in [5.74, 6) is -2.88. The molecule has 3 aromatic rings. The first kappa shape index (κ1) is 13.6. The summed E-state index contributed by atoms with van der Waals surface area (Å²) in [5, 5.41) is 2.62. The van der Waals surface area contributed by atoms with Crippen molar-refractivity contribution in [1.29, 1.82) is 0 Å². The van der Waals surface area contributed by atoms with Gasteiger partial charge < -0.3 is 0 Å². The van der Waals surface area contributed by atoms with E-state index in [1.807, 2.05) is 0 Å². The lowest BCUT2D eigenvalue weighted by Crippen LogP contribution is -2.13. The number of fused-ring (bicyclic) bond motifs is 1. The number of amides is 1. The van der Waals surface area contributed by atoms with Crippen LogP contribution in [-0.4, -0.2) is 10.9 Å². The molecular formula is C14H7F3N2OS. The molecule has 1 aromatic heterocycles. The molecule has 0 saturated carbocycles. The van der Waals surface area contributed by atoms with Crippen molar-refractivity contribution in [1.82, 2.24) is 4.98 Å². The van der Waals surface area contributed by atoms with Crippen LogP contribution in [0.15, 0.2) is 36.4 Å². The average molecular weight is 308 g/mol. The molecule has 0 aliphatic rings.